The van der Waals surface area contributed by atoms with Crippen LogP contribution in [0.15, 0.2) is 60.8 Å². The number of carbonyl (C=O) groups is 1. The molecule has 2 heteroatoms. The largest absolute Gasteiger partial charge is 0.481 e. The Labute approximate surface area is 142 Å². The first-order valence-electron chi connectivity index (χ1n) is 8.67. The predicted molar refractivity (Wildman–Crippen MR) is 100 cm³/mol. The molecule has 1 atom stereocenters. The Balaban J connectivity index is 3.55. The minimum Gasteiger partial charge on any atom is -0.481 e. The Kier molecular flexibility index (Phi) is 15.2. The SMILES string of the molecule is CCC(C)/C=C/C=C\C/C=C\C/C=C\C/C=C\CCCC(=O)O. The highest BCUT2D eigenvalue weighted by Crippen LogP contribution is 2.02. The van der Waals surface area contributed by atoms with Gasteiger partial charge in [-0.1, -0.05) is 81.0 Å². The molecule has 1 unspecified atom stereocenters. The van der Waals surface area contributed by atoms with E-state index >= 15 is 0 Å². The van der Waals surface area contributed by atoms with Gasteiger partial charge in [0.2, 0.25) is 0 Å². The number of rotatable bonds is 13. The lowest BCUT2D eigenvalue weighted by molar-refractivity contribution is -0.137. The van der Waals surface area contributed by atoms with Crippen LogP contribution in [-0.4, -0.2) is 11.1 Å². The molecule has 0 saturated heterocycles. The van der Waals surface area contributed by atoms with Gasteiger partial charge in [-0.15, -0.1) is 0 Å². The van der Waals surface area contributed by atoms with Crippen LogP contribution in [0.5, 0.6) is 0 Å². The van der Waals surface area contributed by atoms with Gasteiger partial charge in [0.05, 0.1) is 0 Å². The smallest absolute Gasteiger partial charge is 0.303 e. The van der Waals surface area contributed by atoms with Crippen molar-refractivity contribution in [1.82, 2.24) is 0 Å². The normalized spacial score (nSPS) is 14.2. The number of carboxylic acids is 1. The number of allylic oxidation sites excluding steroid dienone is 10. The van der Waals surface area contributed by atoms with Gasteiger partial charge in [-0.2, -0.15) is 0 Å². The van der Waals surface area contributed by atoms with E-state index in [1.807, 2.05) is 0 Å². The molecule has 23 heavy (non-hydrogen) atoms. The molecule has 0 aliphatic carbocycles. The van der Waals surface area contributed by atoms with E-state index < -0.39 is 5.97 Å². The Morgan fingerprint density at radius 1 is 0.913 bits per heavy atom. The van der Waals surface area contributed by atoms with Crippen LogP contribution in [0.3, 0.4) is 0 Å². The first kappa shape index (κ1) is 21.2. The van der Waals surface area contributed by atoms with Crippen LogP contribution in [0.25, 0.3) is 0 Å². The second-order valence-corrected chi connectivity index (χ2v) is 5.61. The van der Waals surface area contributed by atoms with E-state index in [4.69, 9.17) is 5.11 Å². The molecule has 0 fully saturated rings. The predicted octanol–water partition coefficient (Wildman–Crippen LogP) is 6.24. The van der Waals surface area contributed by atoms with Crippen LogP contribution in [0, 0.1) is 5.92 Å². The van der Waals surface area contributed by atoms with Crippen molar-refractivity contribution in [2.75, 3.05) is 0 Å². The summed E-state index contributed by atoms with van der Waals surface area (Å²) < 4.78 is 0. The van der Waals surface area contributed by atoms with Gasteiger partial charge in [-0.3, -0.25) is 4.79 Å². The Hall–Kier alpha value is -1.83. The summed E-state index contributed by atoms with van der Waals surface area (Å²) in [4.78, 5) is 10.3. The molecular formula is C21H32O2. The van der Waals surface area contributed by atoms with Crippen LogP contribution in [0.2, 0.25) is 0 Å². The van der Waals surface area contributed by atoms with Gasteiger partial charge in [-0.05, 0) is 38.0 Å². The highest BCUT2D eigenvalue weighted by atomic mass is 16.4. The quantitative estimate of drug-likeness (QED) is 0.248. The lowest BCUT2D eigenvalue weighted by Crippen LogP contribution is -1.92. The molecule has 0 aromatic heterocycles. The summed E-state index contributed by atoms with van der Waals surface area (Å²) in [6.45, 7) is 4.42. The fourth-order valence-electron chi connectivity index (χ4n) is 1.75. The topological polar surface area (TPSA) is 37.3 Å². The third kappa shape index (κ3) is 18.1. The fourth-order valence-corrected chi connectivity index (χ4v) is 1.75. The van der Waals surface area contributed by atoms with Gasteiger partial charge in [0.25, 0.3) is 0 Å². The lowest BCUT2D eigenvalue weighted by Gasteiger charge is -1.96. The molecule has 2 nitrogen and oxygen atoms in total. The molecule has 0 rings (SSSR count). The Bertz CT molecular complexity index is 425. The van der Waals surface area contributed by atoms with E-state index in [2.05, 4.69) is 74.6 Å². The van der Waals surface area contributed by atoms with Crippen LogP contribution in [0.1, 0.15) is 58.8 Å². The first-order chi connectivity index (χ1) is 11.2. The molecule has 0 aliphatic heterocycles. The summed E-state index contributed by atoms with van der Waals surface area (Å²) in [6.07, 6.45) is 27.3. The van der Waals surface area contributed by atoms with Crippen LogP contribution >= 0.6 is 0 Å². The minimum atomic E-state index is -0.716. The highest BCUT2D eigenvalue weighted by molar-refractivity contribution is 5.66. The zero-order chi connectivity index (χ0) is 17.2. The number of unbranched alkanes of at least 4 members (excludes halogenated alkanes) is 1. The third-order valence-electron chi connectivity index (χ3n) is 3.41. The maximum absolute atomic E-state index is 10.3. The lowest BCUT2D eigenvalue weighted by atomic mass is 10.1. The van der Waals surface area contributed by atoms with Crippen molar-refractivity contribution in [2.45, 2.75) is 58.8 Å². The summed E-state index contributed by atoms with van der Waals surface area (Å²) in [5.41, 5.74) is 0. The molecule has 0 aliphatic rings. The standard InChI is InChI=1S/C21H32O2/c1-3-20(2)18-16-14-12-10-8-6-4-5-7-9-11-13-15-17-19-21(22)23/h5-8,11-14,16,18,20H,3-4,9-10,15,17,19H2,1-2H3,(H,22,23)/b7-5-,8-6-,13-11-,14-12-,18-16+. The van der Waals surface area contributed by atoms with E-state index in [0.717, 1.165) is 32.1 Å². The van der Waals surface area contributed by atoms with Gasteiger partial charge in [-0.25, -0.2) is 0 Å². The van der Waals surface area contributed by atoms with Crippen molar-refractivity contribution in [3.05, 3.63) is 60.8 Å². The number of aliphatic carboxylic acids is 1. The summed E-state index contributed by atoms with van der Waals surface area (Å²) in [6, 6.07) is 0. The maximum Gasteiger partial charge on any atom is 0.303 e. The van der Waals surface area contributed by atoms with Gasteiger partial charge >= 0.3 is 5.97 Å². The molecule has 1 N–H and O–H groups in total. The molecule has 0 spiro atoms. The zero-order valence-corrected chi connectivity index (χ0v) is 14.7. The zero-order valence-electron chi connectivity index (χ0n) is 14.7. The number of hydrogen-bond donors (Lipinski definition) is 1. The number of carboxylic acid groups (broad SMARTS) is 1. The second-order valence-electron chi connectivity index (χ2n) is 5.61. The molecule has 128 valence electrons. The third-order valence-corrected chi connectivity index (χ3v) is 3.41. The molecule has 0 radical (unpaired) electrons. The van der Waals surface area contributed by atoms with Crippen molar-refractivity contribution in [3.8, 4) is 0 Å². The average molecular weight is 316 g/mol. The van der Waals surface area contributed by atoms with Crippen molar-refractivity contribution in [1.29, 1.82) is 0 Å². The van der Waals surface area contributed by atoms with Crippen LogP contribution < -0.4 is 0 Å². The number of hydrogen-bond acceptors (Lipinski definition) is 1. The monoisotopic (exact) mass is 316 g/mol. The molecule has 0 amide bonds. The molecule has 0 aromatic carbocycles. The Morgan fingerprint density at radius 2 is 1.48 bits per heavy atom. The van der Waals surface area contributed by atoms with Gasteiger partial charge in [0, 0.05) is 6.42 Å². The fraction of sp³-hybridized carbons (Fsp3) is 0.476. The first-order valence-corrected chi connectivity index (χ1v) is 8.67. The minimum absolute atomic E-state index is 0.257. The van der Waals surface area contributed by atoms with E-state index in [1.54, 1.807) is 0 Å². The van der Waals surface area contributed by atoms with Crippen LogP contribution in [0.4, 0.5) is 0 Å². The summed E-state index contributed by atoms with van der Waals surface area (Å²) in [5.74, 6) is -0.0574. The second kappa shape index (κ2) is 16.5. The van der Waals surface area contributed by atoms with Gasteiger partial charge < -0.3 is 5.11 Å². The highest BCUT2D eigenvalue weighted by Gasteiger charge is 1.92. The summed E-state index contributed by atoms with van der Waals surface area (Å²) in [5, 5.41) is 8.50. The molecular weight excluding hydrogens is 284 g/mol. The summed E-state index contributed by atoms with van der Waals surface area (Å²) in [7, 11) is 0. The molecule has 0 saturated carbocycles. The maximum atomic E-state index is 10.3. The van der Waals surface area contributed by atoms with E-state index in [1.165, 1.54) is 6.42 Å². The van der Waals surface area contributed by atoms with Gasteiger partial charge in [0.15, 0.2) is 0 Å². The van der Waals surface area contributed by atoms with Gasteiger partial charge in [0.1, 0.15) is 0 Å². The van der Waals surface area contributed by atoms with E-state index in [-0.39, 0.29) is 6.42 Å². The van der Waals surface area contributed by atoms with E-state index in [0.29, 0.717) is 5.92 Å². The van der Waals surface area contributed by atoms with Crippen molar-refractivity contribution in [2.24, 2.45) is 5.92 Å². The molecule has 0 aromatic rings. The van der Waals surface area contributed by atoms with E-state index in [9.17, 15) is 4.79 Å². The molecule has 0 heterocycles. The van der Waals surface area contributed by atoms with Crippen molar-refractivity contribution < 1.29 is 9.90 Å². The van der Waals surface area contributed by atoms with Crippen molar-refractivity contribution in [3.63, 3.8) is 0 Å². The van der Waals surface area contributed by atoms with Crippen molar-refractivity contribution >= 4 is 5.97 Å². The summed E-state index contributed by atoms with van der Waals surface area (Å²) >= 11 is 0. The Morgan fingerprint density at radius 3 is 2.04 bits per heavy atom. The van der Waals surface area contributed by atoms with Crippen LogP contribution in [-0.2, 0) is 4.79 Å². The molecule has 0 bridgehead atoms. The average Bonchev–Trinajstić information content (AvgIpc) is 2.53.